The topological polar surface area (TPSA) is 68.5 Å². The lowest BCUT2D eigenvalue weighted by Gasteiger charge is -2.01. The molecule has 5 heteroatoms. The van der Waals surface area contributed by atoms with Crippen LogP contribution in [0.1, 0.15) is 12.7 Å². The molecule has 0 saturated carbocycles. The number of rotatable bonds is 5. The summed E-state index contributed by atoms with van der Waals surface area (Å²) in [6, 6.07) is 3.44. The van der Waals surface area contributed by atoms with Gasteiger partial charge in [0.25, 0.3) is 0 Å². The molecule has 0 bridgehead atoms. The molecular weight excluding hydrogens is 210 g/mol. The number of nitrogens with one attached hydrogen (secondary N) is 1. The Bertz CT molecular complexity index is 367. The molecule has 1 aromatic rings. The number of amides is 1. The third-order valence-electron chi connectivity index (χ3n) is 1.65. The van der Waals surface area contributed by atoms with Crippen LogP contribution in [-0.4, -0.2) is 25.0 Å². The summed E-state index contributed by atoms with van der Waals surface area (Å²) < 4.78 is 9.64. The minimum absolute atomic E-state index is 0.130. The van der Waals surface area contributed by atoms with Crippen LogP contribution in [0.5, 0.6) is 0 Å². The number of hydrogen-bond donors (Lipinski definition) is 1. The van der Waals surface area contributed by atoms with Crippen LogP contribution in [0.3, 0.4) is 0 Å². The summed E-state index contributed by atoms with van der Waals surface area (Å²) in [5.74, 6) is -0.252. The van der Waals surface area contributed by atoms with Crippen LogP contribution in [-0.2, 0) is 14.3 Å². The Hall–Kier alpha value is -2.04. The van der Waals surface area contributed by atoms with E-state index in [1.165, 1.54) is 18.4 Å². The first kappa shape index (κ1) is 12.0. The summed E-state index contributed by atoms with van der Waals surface area (Å²) in [7, 11) is 0. The highest BCUT2D eigenvalue weighted by atomic mass is 16.5. The van der Waals surface area contributed by atoms with Gasteiger partial charge in [-0.25, -0.2) is 0 Å². The summed E-state index contributed by atoms with van der Waals surface area (Å²) in [6.45, 7) is 1.88. The monoisotopic (exact) mass is 223 g/mol. The summed E-state index contributed by atoms with van der Waals surface area (Å²) in [6.07, 6.45) is 4.31. The zero-order valence-corrected chi connectivity index (χ0v) is 8.93. The molecule has 5 nitrogen and oxygen atoms in total. The Morgan fingerprint density at radius 1 is 1.56 bits per heavy atom. The van der Waals surface area contributed by atoms with Gasteiger partial charge < -0.3 is 14.5 Å². The summed E-state index contributed by atoms with van der Waals surface area (Å²) in [5.41, 5.74) is 0. The predicted octanol–water partition coefficient (Wildman–Crippen LogP) is 0.972. The van der Waals surface area contributed by atoms with E-state index in [2.05, 4.69) is 10.1 Å². The molecule has 1 rings (SSSR count). The minimum Gasteiger partial charge on any atom is -0.465 e. The maximum Gasteiger partial charge on any atom is 0.325 e. The molecule has 0 fully saturated rings. The van der Waals surface area contributed by atoms with E-state index in [-0.39, 0.29) is 12.5 Å². The fourth-order valence-corrected chi connectivity index (χ4v) is 0.974. The number of ether oxygens (including phenoxy) is 1. The number of hydrogen-bond acceptors (Lipinski definition) is 4. The molecule has 0 spiro atoms. The Morgan fingerprint density at radius 2 is 2.38 bits per heavy atom. The van der Waals surface area contributed by atoms with Crippen molar-refractivity contribution in [2.45, 2.75) is 6.92 Å². The molecule has 0 aliphatic carbocycles. The van der Waals surface area contributed by atoms with Crippen LogP contribution in [0.2, 0.25) is 0 Å². The van der Waals surface area contributed by atoms with Crippen molar-refractivity contribution < 1.29 is 18.7 Å². The van der Waals surface area contributed by atoms with E-state index in [1.54, 1.807) is 19.1 Å². The highest BCUT2D eigenvalue weighted by Crippen LogP contribution is 2.01. The second-order valence-electron chi connectivity index (χ2n) is 2.87. The van der Waals surface area contributed by atoms with Crippen LogP contribution in [0.15, 0.2) is 28.9 Å². The average Bonchev–Trinajstić information content (AvgIpc) is 2.77. The minimum atomic E-state index is -0.456. The molecule has 1 heterocycles. The van der Waals surface area contributed by atoms with Crippen LogP contribution in [0.25, 0.3) is 6.08 Å². The van der Waals surface area contributed by atoms with Gasteiger partial charge in [-0.15, -0.1) is 0 Å². The molecular formula is C11H13NO4. The second-order valence-corrected chi connectivity index (χ2v) is 2.87. The highest BCUT2D eigenvalue weighted by molar-refractivity contribution is 5.93. The molecule has 16 heavy (non-hydrogen) atoms. The van der Waals surface area contributed by atoms with Crippen LogP contribution in [0.4, 0.5) is 0 Å². The van der Waals surface area contributed by atoms with Crippen molar-refractivity contribution in [1.29, 1.82) is 0 Å². The Kier molecular flexibility index (Phi) is 4.85. The molecule has 0 atom stereocenters. The van der Waals surface area contributed by atoms with Gasteiger partial charge >= 0.3 is 5.97 Å². The number of carbonyl (C=O) groups excluding carboxylic acids is 2. The Morgan fingerprint density at radius 3 is 3.00 bits per heavy atom. The standard InChI is InChI=1S/C11H13NO4/c1-2-15-11(14)8-12-10(13)6-5-9-4-3-7-16-9/h3-7H,2,8H2,1H3,(H,12,13). The van der Waals surface area contributed by atoms with Crippen LogP contribution < -0.4 is 5.32 Å². The smallest absolute Gasteiger partial charge is 0.325 e. The fraction of sp³-hybridized carbons (Fsp3) is 0.273. The molecule has 86 valence electrons. The average molecular weight is 223 g/mol. The van der Waals surface area contributed by atoms with Crippen LogP contribution in [0, 0.1) is 0 Å². The lowest BCUT2D eigenvalue weighted by Crippen LogP contribution is -2.29. The van der Waals surface area contributed by atoms with Crippen molar-refractivity contribution in [2.24, 2.45) is 0 Å². The van der Waals surface area contributed by atoms with Gasteiger partial charge in [0.1, 0.15) is 12.3 Å². The van der Waals surface area contributed by atoms with Gasteiger partial charge in [0.2, 0.25) is 5.91 Å². The lowest BCUT2D eigenvalue weighted by atomic mass is 10.4. The van der Waals surface area contributed by atoms with Gasteiger partial charge in [0, 0.05) is 6.08 Å². The van der Waals surface area contributed by atoms with Gasteiger partial charge in [-0.1, -0.05) is 0 Å². The molecule has 0 saturated heterocycles. The van der Waals surface area contributed by atoms with Gasteiger partial charge in [0.05, 0.1) is 12.9 Å². The van der Waals surface area contributed by atoms with E-state index < -0.39 is 5.97 Å². The largest absolute Gasteiger partial charge is 0.465 e. The van der Waals surface area contributed by atoms with E-state index in [0.29, 0.717) is 12.4 Å². The molecule has 1 aromatic heterocycles. The van der Waals surface area contributed by atoms with Gasteiger partial charge in [0.15, 0.2) is 0 Å². The summed E-state index contributed by atoms with van der Waals surface area (Å²) in [5, 5.41) is 2.39. The van der Waals surface area contributed by atoms with Crippen LogP contribution >= 0.6 is 0 Å². The molecule has 0 aliphatic heterocycles. The van der Waals surface area contributed by atoms with Crippen molar-refractivity contribution in [3.05, 3.63) is 30.2 Å². The lowest BCUT2D eigenvalue weighted by molar-refractivity contribution is -0.143. The third-order valence-corrected chi connectivity index (χ3v) is 1.65. The van der Waals surface area contributed by atoms with Crippen molar-refractivity contribution in [2.75, 3.05) is 13.2 Å². The predicted molar refractivity (Wildman–Crippen MR) is 57.4 cm³/mol. The van der Waals surface area contributed by atoms with Crippen molar-refractivity contribution in [3.8, 4) is 0 Å². The molecule has 1 N–H and O–H groups in total. The summed E-state index contributed by atoms with van der Waals surface area (Å²) in [4.78, 5) is 22.1. The van der Waals surface area contributed by atoms with Gasteiger partial charge in [-0.2, -0.15) is 0 Å². The van der Waals surface area contributed by atoms with E-state index in [9.17, 15) is 9.59 Å². The molecule has 0 aromatic carbocycles. The third kappa shape index (κ3) is 4.45. The Balaban J connectivity index is 2.28. The van der Waals surface area contributed by atoms with Gasteiger partial charge in [-0.05, 0) is 25.1 Å². The number of esters is 1. The first-order valence-corrected chi connectivity index (χ1v) is 4.87. The fourth-order valence-electron chi connectivity index (χ4n) is 0.974. The van der Waals surface area contributed by atoms with Gasteiger partial charge in [-0.3, -0.25) is 9.59 Å². The number of furan rings is 1. The number of carbonyl (C=O) groups is 2. The van der Waals surface area contributed by atoms with Crippen molar-refractivity contribution in [1.82, 2.24) is 5.32 Å². The quantitative estimate of drug-likeness (QED) is 0.596. The SMILES string of the molecule is CCOC(=O)CNC(=O)C=Cc1ccco1. The van der Waals surface area contributed by atoms with E-state index >= 15 is 0 Å². The molecule has 0 unspecified atom stereocenters. The van der Waals surface area contributed by atoms with E-state index in [1.807, 2.05) is 0 Å². The maximum atomic E-state index is 11.2. The molecule has 1 amide bonds. The maximum absolute atomic E-state index is 11.2. The Labute approximate surface area is 93.1 Å². The normalized spacial score (nSPS) is 10.3. The van der Waals surface area contributed by atoms with Crippen molar-refractivity contribution >= 4 is 18.0 Å². The van der Waals surface area contributed by atoms with Crippen molar-refractivity contribution in [3.63, 3.8) is 0 Å². The van der Waals surface area contributed by atoms with E-state index in [4.69, 9.17) is 4.42 Å². The zero-order valence-electron chi connectivity index (χ0n) is 8.93. The zero-order chi connectivity index (χ0) is 11.8. The first-order chi connectivity index (χ1) is 7.72. The second kappa shape index (κ2) is 6.44. The first-order valence-electron chi connectivity index (χ1n) is 4.87. The van der Waals surface area contributed by atoms with E-state index in [0.717, 1.165) is 0 Å². The molecule has 0 aliphatic rings. The highest BCUT2D eigenvalue weighted by Gasteiger charge is 2.02. The summed E-state index contributed by atoms with van der Waals surface area (Å²) >= 11 is 0. The molecule has 0 radical (unpaired) electrons.